The first-order valence-electron chi connectivity index (χ1n) is 9.37. The molecule has 0 unspecified atom stereocenters. The van der Waals surface area contributed by atoms with Crippen molar-refractivity contribution in [1.29, 1.82) is 0 Å². The second-order valence-corrected chi connectivity index (χ2v) is 7.96. The average molecular weight is 464 g/mol. The fraction of sp³-hybridized carbons (Fsp3) is 0.0833. The van der Waals surface area contributed by atoms with Crippen molar-refractivity contribution in [2.24, 2.45) is 4.99 Å². The minimum Gasteiger partial charge on any atom is -0.378 e. The van der Waals surface area contributed by atoms with Gasteiger partial charge in [-0.2, -0.15) is 0 Å². The maximum atomic E-state index is 14.5. The molecule has 0 N–H and O–H groups in total. The molecule has 4 nitrogen and oxygen atoms in total. The van der Waals surface area contributed by atoms with E-state index in [1.54, 1.807) is 36.4 Å². The van der Waals surface area contributed by atoms with Gasteiger partial charge in [-0.1, -0.05) is 40.2 Å². The molecule has 3 aromatic rings. The maximum Gasteiger partial charge on any atom is 0.282 e. The van der Waals surface area contributed by atoms with Gasteiger partial charge in [0.15, 0.2) is 5.84 Å². The van der Waals surface area contributed by atoms with Gasteiger partial charge >= 0.3 is 0 Å². The number of nitrogens with zero attached hydrogens (tertiary/aromatic N) is 3. The lowest BCUT2D eigenvalue weighted by Crippen LogP contribution is -2.33. The summed E-state index contributed by atoms with van der Waals surface area (Å²) in [5.41, 5.74) is 3.06. The molecule has 150 valence electrons. The van der Waals surface area contributed by atoms with Gasteiger partial charge in [0, 0.05) is 24.3 Å². The normalized spacial score (nSPS) is 14.9. The van der Waals surface area contributed by atoms with Crippen LogP contribution < -0.4 is 9.80 Å². The summed E-state index contributed by atoms with van der Waals surface area (Å²) in [6.45, 7) is 0. The van der Waals surface area contributed by atoms with Crippen molar-refractivity contribution in [2.45, 2.75) is 0 Å². The number of carbonyl (C=O) groups is 1. The van der Waals surface area contributed by atoms with Crippen molar-refractivity contribution in [3.8, 4) is 0 Å². The Morgan fingerprint density at radius 2 is 1.63 bits per heavy atom. The van der Waals surface area contributed by atoms with Crippen LogP contribution in [0, 0.1) is 5.82 Å². The van der Waals surface area contributed by atoms with Crippen LogP contribution in [0.2, 0.25) is 0 Å². The minimum atomic E-state index is -0.428. The molecule has 0 radical (unpaired) electrons. The van der Waals surface area contributed by atoms with Gasteiger partial charge in [-0.05, 0) is 60.2 Å². The summed E-state index contributed by atoms with van der Waals surface area (Å²) in [5, 5.41) is 0. The topological polar surface area (TPSA) is 35.9 Å². The summed E-state index contributed by atoms with van der Waals surface area (Å²) in [5.74, 6) is -0.452. The Kier molecular flexibility index (Phi) is 5.50. The molecule has 1 aliphatic rings. The SMILES string of the molecule is CN(C)c1ccc(/C=C2/N=C(c3ccccc3F)N(c3ccc(Br)cc3)C2=O)cc1. The number of rotatable bonds is 4. The molecule has 3 aromatic carbocycles. The van der Waals surface area contributed by atoms with Gasteiger partial charge in [0.2, 0.25) is 0 Å². The summed E-state index contributed by atoms with van der Waals surface area (Å²) < 4.78 is 15.4. The van der Waals surface area contributed by atoms with Crippen molar-refractivity contribution < 1.29 is 9.18 Å². The van der Waals surface area contributed by atoms with E-state index >= 15 is 0 Å². The molecule has 0 fully saturated rings. The molecule has 4 rings (SSSR count). The molecule has 0 saturated heterocycles. The molecular formula is C24H19BrFN3O. The highest BCUT2D eigenvalue weighted by molar-refractivity contribution is 9.10. The van der Waals surface area contributed by atoms with Crippen molar-refractivity contribution in [2.75, 3.05) is 23.9 Å². The Bertz CT molecular complexity index is 1150. The van der Waals surface area contributed by atoms with Crippen LogP contribution in [-0.2, 0) is 4.79 Å². The molecule has 0 saturated carbocycles. The molecule has 1 heterocycles. The van der Waals surface area contributed by atoms with Gasteiger partial charge < -0.3 is 4.90 Å². The van der Waals surface area contributed by atoms with E-state index in [0.717, 1.165) is 15.7 Å². The van der Waals surface area contributed by atoms with Crippen molar-refractivity contribution >= 4 is 45.1 Å². The maximum absolute atomic E-state index is 14.5. The third-order valence-corrected chi connectivity index (χ3v) is 5.30. The average Bonchev–Trinajstić information content (AvgIpc) is 3.05. The van der Waals surface area contributed by atoms with E-state index in [-0.39, 0.29) is 23.0 Å². The lowest BCUT2D eigenvalue weighted by molar-refractivity contribution is -0.113. The molecule has 1 amide bonds. The second kappa shape index (κ2) is 8.24. The number of hydrogen-bond acceptors (Lipinski definition) is 3. The molecule has 0 atom stereocenters. The molecule has 0 aliphatic carbocycles. The summed E-state index contributed by atoms with van der Waals surface area (Å²) in [6.07, 6.45) is 1.72. The van der Waals surface area contributed by atoms with Crippen molar-refractivity contribution in [1.82, 2.24) is 0 Å². The van der Waals surface area contributed by atoms with Crippen LogP contribution in [0.15, 0.2) is 88.0 Å². The highest BCUT2D eigenvalue weighted by atomic mass is 79.9. The van der Waals surface area contributed by atoms with Gasteiger partial charge in [0.1, 0.15) is 11.5 Å². The van der Waals surface area contributed by atoms with E-state index in [9.17, 15) is 9.18 Å². The number of hydrogen-bond donors (Lipinski definition) is 0. The minimum absolute atomic E-state index is 0.258. The van der Waals surface area contributed by atoms with E-state index in [4.69, 9.17) is 0 Å². The van der Waals surface area contributed by atoms with E-state index < -0.39 is 5.82 Å². The van der Waals surface area contributed by atoms with Crippen LogP contribution in [0.3, 0.4) is 0 Å². The third kappa shape index (κ3) is 3.91. The van der Waals surface area contributed by atoms with Crippen LogP contribution in [0.5, 0.6) is 0 Å². The van der Waals surface area contributed by atoms with Crippen LogP contribution in [0.1, 0.15) is 11.1 Å². The number of amides is 1. The Hall–Kier alpha value is -3.25. The number of amidine groups is 1. The first-order valence-corrected chi connectivity index (χ1v) is 10.2. The number of anilines is 2. The number of benzene rings is 3. The Labute approximate surface area is 183 Å². The van der Waals surface area contributed by atoms with Gasteiger partial charge in [-0.15, -0.1) is 0 Å². The van der Waals surface area contributed by atoms with Gasteiger partial charge in [0.25, 0.3) is 5.91 Å². The molecule has 0 aromatic heterocycles. The van der Waals surface area contributed by atoms with Crippen molar-refractivity contribution in [3.63, 3.8) is 0 Å². The quantitative estimate of drug-likeness (QED) is 0.479. The summed E-state index contributed by atoms with van der Waals surface area (Å²) in [4.78, 5) is 21.2. The van der Waals surface area contributed by atoms with Gasteiger partial charge in [-0.3, -0.25) is 9.69 Å². The van der Waals surface area contributed by atoms with Gasteiger partial charge in [0.05, 0.1) is 11.3 Å². The second-order valence-electron chi connectivity index (χ2n) is 7.05. The zero-order valence-electron chi connectivity index (χ0n) is 16.5. The smallest absolute Gasteiger partial charge is 0.282 e. The molecule has 0 bridgehead atoms. The molecule has 0 spiro atoms. The largest absolute Gasteiger partial charge is 0.378 e. The lowest BCUT2D eigenvalue weighted by Gasteiger charge is -2.19. The molecule has 1 aliphatic heterocycles. The monoisotopic (exact) mass is 463 g/mol. The van der Waals surface area contributed by atoms with Crippen molar-refractivity contribution in [3.05, 3.63) is 99.9 Å². The molecule has 30 heavy (non-hydrogen) atoms. The first-order chi connectivity index (χ1) is 14.4. The summed E-state index contributed by atoms with van der Waals surface area (Å²) >= 11 is 3.40. The summed E-state index contributed by atoms with van der Waals surface area (Å²) in [6, 6.07) is 21.4. The Morgan fingerprint density at radius 1 is 0.967 bits per heavy atom. The first kappa shape index (κ1) is 20.0. The van der Waals surface area contributed by atoms with Crippen LogP contribution in [-0.4, -0.2) is 25.8 Å². The highest BCUT2D eigenvalue weighted by Gasteiger charge is 2.33. The van der Waals surface area contributed by atoms with E-state index in [1.807, 2.05) is 55.4 Å². The fourth-order valence-corrected chi connectivity index (χ4v) is 3.46. The zero-order chi connectivity index (χ0) is 21.3. The van der Waals surface area contributed by atoms with E-state index in [2.05, 4.69) is 20.9 Å². The summed E-state index contributed by atoms with van der Waals surface area (Å²) in [7, 11) is 3.93. The van der Waals surface area contributed by atoms with E-state index in [1.165, 1.54) is 11.0 Å². The lowest BCUT2D eigenvalue weighted by atomic mass is 10.1. The molecule has 6 heteroatoms. The third-order valence-electron chi connectivity index (χ3n) is 4.77. The zero-order valence-corrected chi connectivity index (χ0v) is 18.1. The van der Waals surface area contributed by atoms with Crippen LogP contribution in [0.4, 0.5) is 15.8 Å². The highest BCUT2D eigenvalue weighted by Crippen LogP contribution is 2.29. The number of aliphatic imine (C=N–C) groups is 1. The predicted octanol–water partition coefficient (Wildman–Crippen LogP) is 5.49. The molecular weight excluding hydrogens is 445 g/mol. The Balaban J connectivity index is 1.79. The Morgan fingerprint density at radius 3 is 2.27 bits per heavy atom. The standard InChI is InChI=1S/C24H19BrFN3O/c1-28(2)18-11-7-16(8-12-18)15-22-24(30)29(19-13-9-17(25)10-14-19)23(27-22)20-5-3-4-6-21(20)26/h3-15H,1-2H3/b22-15+. The predicted molar refractivity (Wildman–Crippen MR) is 123 cm³/mol. The van der Waals surface area contributed by atoms with Crippen LogP contribution in [0.25, 0.3) is 6.08 Å². The van der Waals surface area contributed by atoms with Crippen LogP contribution >= 0.6 is 15.9 Å². The number of carbonyl (C=O) groups excluding carboxylic acids is 1. The van der Waals surface area contributed by atoms with E-state index in [0.29, 0.717) is 5.69 Å². The van der Waals surface area contributed by atoms with Gasteiger partial charge in [-0.25, -0.2) is 9.38 Å². The number of halogens is 2. The fourth-order valence-electron chi connectivity index (χ4n) is 3.20.